The molecular weight excluding hydrogens is 590 g/mol. The van der Waals surface area contributed by atoms with Gasteiger partial charge in [0.15, 0.2) is 0 Å². The average molecular weight is 621 g/mol. The molecule has 1 amide bonds. The monoisotopic (exact) mass is 620 g/mol. The number of carbonyl (C=O) groups is 1. The van der Waals surface area contributed by atoms with Gasteiger partial charge < -0.3 is 15.5 Å². The van der Waals surface area contributed by atoms with Crippen molar-refractivity contribution in [3.63, 3.8) is 0 Å². The lowest BCUT2D eigenvalue weighted by Crippen LogP contribution is -2.44. The van der Waals surface area contributed by atoms with E-state index in [9.17, 15) is 31.1 Å². The van der Waals surface area contributed by atoms with Crippen molar-refractivity contribution < 1.29 is 31.1 Å². The van der Waals surface area contributed by atoms with Crippen LogP contribution in [0.3, 0.4) is 0 Å². The lowest BCUT2D eigenvalue weighted by molar-refractivity contribution is -0.145. The highest BCUT2D eigenvalue weighted by atomic mass is 19.4. The molecule has 0 saturated carbocycles. The molecule has 0 unspecified atom stereocenters. The predicted octanol–water partition coefficient (Wildman–Crippen LogP) is 4.84. The highest BCUT2D eigenvalue weighted by Gasteiger charge is 2.36. The summed E-state index contributed by atoms with van der Waals surface area (Å²) in [6.07, 6.45) is -6.20. The van der Waals surface area contributed by atoms with Crippen molar-refractivity contribution in [3.8, 4) is 11.8 Å². The van der Waals surface area contributed by atoms with E-state index in [1.807, 2.05) is 11.9 Å². The topological polar surface area (TPSA) is 110 Å². The summed E-state index contributed by atoms with van der Waals surface area (Å²) in [4.78, 5) is 27.2. The number of nitrogens with one attached hydrogen (secondary N) is 3. The Morgan fingerprint density at radius 2 is 1.82 bits per heavy atom. The van der Waals surface area contributed by atoms with Crippen LogP contribution >= 0.6 is 0 Å². The number of aromatic nitrogens is 2. The highest BCUT2D eigenvalue weighted by molar-refractivity contribution is 6.14. The van der Waals surface area contributed by atoms with Gasteiger partial charge in [-0.2, -0.15) is 26.3 Å². The number of rotatable bonds is 8. The summed E-state index contributed by atoms with van der Waals surface area (Å²) >= 11 is 0. The third kappa shape index (κ3) is 9.48. The second kappa shape index (κ2) is 14.3. The predicted molar refractivity (Wildman–Crippen MR) is 155 cm³/mol. The van der Waals surface area contributed by atoms with Crippen LogP contribution < -0.4 is 10.6 Å². The van der Waals surface area contributed by atoms with Crippen molar-refractivity contribution in [2.24, 2.45) is 4.99 Å². The number of carbonyl (C=O) groups excluding carboxylic acids is 1. The number of nitrogens with zero attached hydrogens (tertiary/aromatic N) is 5. The zero-order valence-electron chi connectivity index (χ0n) is 24.1. The molecule has 0 bridgehead atoms. The van der Waals surface area contributed by atoms with Gasteiger partial charge in [-0.05, 0) is 37.6 Å². The van der Waals surface area contributed by atoms with E-state index in [0.29, 0.717) is 13.1 Å². The molecule has 9 nitrogen and oxygen atoms in total. The molecule has 0 atom stereocenters. The second-order valence-electron chi connectivity index (χ2n) is 9.85. The van der Waals surface area contributed by atoms with E-state index in [4.69, 9.17) is 5.41 Å². The lowest BCUT2D eigenvalue weighted by atomic mass is 10.0. The summed E-state index contributed by atoms with van der Waals surface area (Å²) in [6.45, 7) is 8.05. The van der Waals surface area contributed by atoms with Crippen molar-refractivity contribution in [3.05, 3.63) is 70.8 Å². The van der Waals surface area contributed by atoms with Crippen LogP contribution in [-0.2, 0) is 23.7 Å². The van der Waals surface area contributed by atoms with E-state index < -0.39 is 29.6 Å². The van der Waals surface area contributed by atoms with Gasteiger partial charge in [0.25, 0.3) is 5.91 Å². The number of halogens is 6. The van der Waals surface area contributed by atoms with Gasteiger partial charge in [0.05, 0.1) is 11.1 Å². The molecule has 1 aliphatic heterocycles. The van der Waals surface area contributed by atoms with Crippen molar-refractivity contribution in [2.45, 2.75) is 25.8 Å². The minimum absolute atomic E-state index is 0.0249. The number of likely N-dealkylation sites (N-methyl/N-ethyl adjacent to an activating group) is 1. The fraction of sp³-hybridized carbons (Fsp3) is 0.345. The fourth-order valence-electron chi connectivity index (χ4n) is 3.96. The van der Waals surface area contributed by atoms with Gasteiger partial charge in [0, 0.05) is 75.2 Å². The zero-order chi connectivity index (χ0) is 32.7. The van der Waals surface area contributed by atoms with Crippen LogP contribution in [0.5, 0.6) is 0 Å². The molecule has 1 aromatic heterocycles. The molecule has 1 fully saturated rings. The Morgan fingerprint density at radius 1 is 1.14 bits per heavy atom. The van der Waals surface area contributed by atoms with Gasteiger partial charge in [-0.1, -0.05) is 18.6 Å². The number of piperazine rings is 1. The maximum Gasteiger partial charge on any atom is 0.451 e. The molecule has 2 aromatic rings. The summed E-state index contributed by atoms with van der Waals surface area (Å²) < 4.78 is 80.0. The summed E-state index contributed by atoms with van der Waals surface area (Å²) in [5.74, 6) is 2.65. The van der Waals surface area contributed by atoms with E-state index in [1.54, 1.807) is 0 Å². The average Bonchev–Trinajstić information content (AvgIpc) is 2.96. The molecule has 3 N–H and O–H groups in total. The molecule has 44 heavy (non-hydrogen) atoms. The molecule has 0 spiro atoms. The van der Waals surface area contributed by atoms with E-state index in [0.717, 1.165) is 31.6 Å². The molecule has 15 heteroatoms. The Balaban J connectivity index is 1.64. The Bertz CT molecular complexity index is 1530. The van der Waals surface area contributed by atoms with Crippen LogP contribution in [0, 0.1) is 17.3 Å². The van der Waals surface area contributed by atoms with Crippen LogP contribution in [0.2, 0.25) is 0 Å². The summed E-state index contributed by atoms with van der Waals surface area (Å²) in [7, 11) is 3.30. The van der Waals surface area contributed by atoms with Gasteiger partial charge in [-0.25, -0.2) is 9.97 Å². The van der Waals surface area contributed by atoms with Crippen LogP contribution in [0.15, 0.2) is 53.3 Å². The van der Waals surface area contributed by atoms with Crippen molar-refractivity contribution in [1.82, 2.24) is 19.8 Å². The number of hydrogen-bond donors (Lipinski definition) is 3. The number of alkyl halides is 6. The van der Waals surface area contributed by atoms with E-state index >= 15 is 0 Å². The van der Waals surface area contributed by atoms with Crippen LogP contribution in [0.4, 0.5) is 37.8 Å². The maximum atomic E-state index is 13.8. The van der Waals surface area contributed by atoms with E-state index in [1.165, 1.54) is 32.3 Å². The second-order valence-corrected chi connectivity index (χ2v) is 9.85. The van der Waals surface area contributed by atoms with Crippen LogP contribution in [0.25, 0.3) is 0 Å². The number of anilines is 2. The SMILES string of the molecule is C=C(C#CC(=N)c1cnc(C(F)(F)F)nc1NC)/C=N\C=C(/C)C(=O)Nc1ccc(CN2CCN(C)CC2)c(C(F)(F)F)c1. The molecule has 0 aliphatic carbocycles. The fourth-order valence-corrected chi connectivity index (χ4v) is 3.96. The van der Waals surface area contributed by atoms with Gasteiger partial charge >= 0.3 is 12.4 Å². The zero-order valence-corrected chi connectivity index (χ0v) is 24.1. The van der Waals surface area contributed by atoms with Gasteiger partial charge in [0.2, 0.25) is 5.82 Å². The van der Waals surface area contributed by atoms with Crippen molar-refractivity contribution in [2.75, 3.05) is 50.9 Å². The van der Waals surface area contributed by atoms with Crippen molar-refractivity contribution >= 4 is 29.3 Å². The standard InChI is InChI=1S/C29H30F6N8O/c1-18(5-8-24(36)22-16-39-27(29(33,34)35)41-25(22)37-3)14-38-15-19(2)26(44)40-21-7-6-20(23(13-21)28(30,31)32)17-43-11-9-42(4)10-12-43/h6-7,13-16,36H,1,9-12,17H2,2-4H3,(H,40,44)(H,37,39,41)/b19-15+,36-24?,38-14-. The first-order valence-electron chi connectivity index (χ1n) is 13.1. The Morgan fingerprint density at radius 3 is 2.43 bits per heavy atom. The summed E-state index contributed by atoms with van der Waals surface area (Å²) in [6, 6.07) is 3.70. The van der Waals surface area contributed by atoms with E-state index in [-0.39, 0.29) is 46.0 Å². The molecule has 1 aromatic carbocycles. The maximum absolute atomic E-state index is 13.8. The summed E-state index contributed by atoms with van der Waals surface area (Å²) in [5.41, 5.74) is -0.989. The first kappa shape index (κ1) is 33.9. The van der Waals surface area contributed by atoms with Gasteiger partial charge in [-0.3, -0.25) is 20.1 Å². The first-order chi connectivity index (χ1) is 20.6. The molecule has 3 rings (SSSR count). The van der Waals surface area contributed by atoms with Gasteiger partial charge in [0.1, 0.15) is 11.5 Å². The quantitative estimate of drug-likeness (QED) is 0.169. The number of benzene rings is 1. The van der Waals surface area contributed by atoms with E-state index in [2.05, 4.69) is 48.9 Å². The van der Waals surface area contributed by atoms with Crippen LogP contribution in [-0.4, -0.2) is 77.9 Å². The first-order valence-corrected chi connectivity index (χ1v) is 13.1. The molecule has 1 saturated heterocycles. The minimum atomic E-state index is -4.76. The number of hydrogen-bond acceptors (Lipinski definition) is 8. The van der Waals surface area contributed by atoms with Gasteiger partial charge in [-0.15, -0.1) is 0 Å². The molecule has 1 aliphatic rings. The largest absolute Gasteiger partial charge is 0.451 e. The third-order valence-corrected chi connectivity index (χ3v) is 6.42. The smallest absolute Gasteiger partial charge is 0.372 e. The Kier molecular flexibility index (Phi) is 11.0. The molecular formula is C29H30F6N8O. The minimum Gasteiger partial charge on any atom is -0.372 e. The third-order valence-electron chi connectivity index (χ3n) is 6.42. The number of amides is 1. The molecule has 2 heterocycles. The normalized spacial score (nSPS) is 15.1. The molecule has 0 radical (unpaired) electrons. The number of aliphatic imine (C=N–C) groups is 1. The highest BCUT2D eigenvalue weighted by Crippen LogP contribution is 2.35. The Labute approximate surface area is 250 Å². The lowest BCUT2D eigenvalue weighted by Gasteiger charge is -2.33. The summed E-state index contributed by atoms with van der Waals surface area (Å²) in [5, 5.41) is 13.0. The molecule has 234 valence electrons. The van der Waals surface area contributed by atoms with Crippen LogP contribution in [0.1, 0.15) is 29.4 Å². The number of allylic oxidation sites excluding steroid dienone is 1. The Hall–Kier alpha value is -4.55. The van der Waals surface area contributed by atoms with Crippen molar-refractivity contribution in [1.29, 1.82) is 5.41 Å².